The first-order valence-electron chi connectivity index (χ1n) is 7.43. The molecule has 0 atom stereocenters. The van der Waals surface area contributed by atoms with Crippen LogP contribution >= 0.6 is 0 Å². The summed E-state index contributed by atoms with van der Waals surface area (Å²) in [6, 6.07) is 12.6. The highest BCUT2D eigenvalue weighted by Crippen LogP contribution is 2.13. The van der Waals surface area contributed by atoms with Crippen molar-refractivity contribution in [3.8, 4) is 0 Å². The second-order valence-electron chi connectivity index (χ2n) is 5.07. The summed E-state index contributed by atoms with van der Waals surface area (Å²) in [4.78, 5) is 35.1. The van der Waals surface area contributed by atoms with Crippen molar-refractivity contribution in [2.24, 2.45) is 0 Å². The van der Waals surface area contributed by atoms with Crippen molar-refractivity contribution in [2.75, 3.05) is 5.32 Å². The largest absolute Gasteiger partial charge is 0.490 e. The third-order valence-electron chi connectivity index (χ3n) is 2.99. The van der Waals surface area contributed by atoms with Crippen molar-refractivity contribution < 1.29 is 37.8 Å². The molecular weight excluding hydrogens is 369 g/mol. The van der Waals surface area contributed by atoms with Crippen LogP contribution in [-0.2, 0) is 16.0 Å². The number of aliphatic carboxylic acids is 1. The van der Waals surface area contributed by atoms with Gasteiger partial charge in [-0.05, 0) is 24.1 Å². The number of nitrogens with zero attached hydrogens (tertiary/aromatic N) is 1. The third-order valence-corrected chi connectivity index (χ3v) is 2.99. The fraction of sp³-hybridized carbons (Fsp3) is 0.176. The van der Waals surface area contributed by atoms with Gasteiger partial charge in [0.1, 0.15) is 5.69 Å². The van der Waals surface area contributed by atoms with Gasteiger partial charge < -0.3 is 15.5 Å². The van der Waals surface area contributed by atoms with Gasteiger partial charge in [0.2, 0.25) is 5.91 Å². The lowest BCUT2D eigenvalue weighted by Gasteiger charge is -2.05. The Morgan fingerprint density at radius 2 is 1.63 bits per heavy atom. The Labute approximate surface area is 151 Å². The summed E-state index contributed by atoms with van der Waals surface area (Å²) in [6.07, 6.45) is -2.74. The zero-order valence-electron chi connectivity index (χ0n) is 13.7. The molecular formula is C17H15F3N2O5. The van der Waals surface area contributed by atoms with Gasteiger partial charge in [0.25, 0.3) is 0 Å². The molecule has 1 aromatic heterocycles. The second-order valence-corrected chi connectivity index (χ2v) is 5.07. The van der Waals surface area contributed by atoms with Crippen molar-refractivity contribution in [2.45, 2.75) is 19.0 Å². The minimum Gasteiger partial charge on any atom is -0.477 e. The van der Waals surface area contributed by atoms with Crippen molar-refractivity contribution in [1.29, 1.82) is 0 Å². The Balaban J connectivity index is 0.000000445. The molecule has 0 unspecified atom stereocenters. The molecule has 144 valence electrons. The van der Waals surface area contributed by atoms with Crippen molar-refractivity contribution in [3.05, 3.63) is 59.9 Å². The second kappa shape index (κ2) is 9.90. The highest BCUT2D eigenvalue weighted by Gasteiger charge is 2.38. The van der Waals surface area contributed by atoms with Gasteiger partial charge in [0.15, 0.2) is 0 Å². The fourth-order valence-electron chi connectivity index (χ4n) is 1.75. The number of aromatic carboxylic acids is 1. The molecule has 0 aliphatic carbocycles. The van der Waals surface area contributed by atoms with Crippen LogP contribution < -0.4 is 5.32 Å². The molecule has 1 aromatic carbocycles. The number of nitrogens with one attached hydrogen (secondary N) is 1. The first-order valence-corrected chi connectivity index (χ1v) is 7.43. The molecule has 10 heteroatoms. The number of anilines is 1. The molecule has 1 amide bonds. The summed E-state index contributed by atoms with van der Waals surface area (Å²) in [5.41, 5.74) is 1.44. The van der Waals surface area contributed by atoms with Gasteiger partial charge in [0, 0.05) is 18.3 Å². The van der Waals surface area contributed by atoms with E-state index in [1.54, 1.807) is 6.07 Å². The number of hydrogen-bond acceptors (Lipinski definition) is 4. The molecule has 0 radical (unpaired) electrons. The van der Waals surface area contributed by atoms with Crippen LogP contribution in [0.3, 0.4) is 0 Å². The monoisotopic (exact) mass is 384 g/mol. The average Bonchev–Trinajstić information content (AvgIpc) is 2.61. The number of rotatable bonds is 5. The van der Waals surface area contributed by atoms with E-state index in [1.165, 1.54) is 12.3 Å². The lowest BCUT2D eigenvalue weighted by atomic mass is 10.1. The Morgan fingerprint density at radius 3 is 2.15 bits per heavy atom. The van der Waals surface area contributed by atoms with Gasteiger partial charge in [-0.2, -0.15) is 13.2 Å². The maximum Gasteiger partial charge on any atom is 0.490 e. The number of carbonyl (C=O) groups is 3. The van der Waals surface area contributed by atoms with Gasteiger partial charge in [-0.1, -0.05) is 30.3 Å². The van der Waals surface area contributed by atoms with Crippen LogP contribution in [0.15, 0.2) is 48.7 Å². The van der Waals surface area contributed by atoms with Crippen LogP contribution in [0.4, 0.5) is 18.9 Å². The fourth-order valence-corrected chi connectivity index (χ4v) is 1.75. The van der Waals surface area contributed by atoms with Crippen molar-refractivity contribution >= 4 is 23.5 Å². The molecule has 0 spiro atoms. The normalized spacial score (nSPS) is 10.3. The maximum absolute atomic E-state index is 11.8. The molecule has 2 aromatic rings. The molecule has 0 fully saturated rings. The zero-order chi connectivity index (χ0) is 20.4. The van der Waals surface area contributed by atoms with Crippen molar-refractivity contribution in [1.82, 2.24) is 4.98 Å². The molecule has 0 saturated carbocycles. The maximum atomic E-state index is 11.8. The van der Waals surface area contributed by atoms with E-state index in [1.807, 2.05) is 30.3 Å². The predicted octanol–water partition coefficient (Wildman–Crippen LogP) is 2.98. The number of pyridine rings is 1. The van der Waals surface area contributed by atoms with E-state index in [2.05, 4.69) is 10.3 Å². The average molecular weight is 384 g/mol. The molecule has 0 bridgehead atoms. The highest BCUT2D eigenvalue weighted by atomic mass is 19.4. The molecule has 2 rings (SSSR count). The summed E-state index contributed by atoms with van der Waals surface area (Å²) in [5.74, 6) is -4.03. The quantitative estimate of drug-likeness (QED) is 0.730. The van der Waals surface area contributed by atoms with E-state index in [9.17, 15) is 22.8 Å². The Kier molecular flexibility index (Phi) is 7.92. The summed E-state index contributed by atoms with van der Waals surface area (Å²) in [7, 11) is 0. The number of benzene rings is 1. The third kappa shape index (κ3) is 8.47. The number of halogens is 3. The minimum absolute atomic E-state index is 0.0918. The van der Waals surface area contributed by atoms with E-state index in [0.29, 0.717) is 18.5 Å². The van der Waals surface area contributed by atoms with Crippen LogP contribution in [0, 0.1) is 0 Å². The van der Waals surface area contributed by atoms with E-state index in [4.69, 9.17) is 15.0 Å². The lowest BCUT2D eigenvalue weighted by Crippen LogP contribution is -2.21. The number of carboxylic acid groups (broad SMARTS) is 2. The molecule has 0 aliphatic rings. The number of carboxylic acids is 2. The predicted molar refractivity (Wildman–Crippen MR) is 88.3 cm³/mol. The Hall–Kier alpha value is -3.43. The van der Waals surface area contributed by atoms with E-state index in [0.717, 1.165) is 5.56 Å². The first-order chi connectivity index (χ1) is 12.6. The zero-order valence-corrected chi connectivity index (χ0v) is 13.7. The van der Waals surface area contributed by atoms with E-state index >= 15 is 0 Å². The van der Waals surface area contributed by atoms with Gasteiger partial charge in [-0.25, -0.2) is 14.6 Å². The van der Waals surface area contributed by atoms with E-state index in [-0.39, 0.29) is 11.6 Å². The Bertz CT molecular complexity index is 795. The molecule has 0 saturated heterocycles. The number of alkyl halides is 3. The van der Waals surface area contributed by atoms with Crippen LogP contribution in [0.25, 0.3) is 0 Å². The number of aryl methyl sites for hydroxylation is 1. The van der Waals surface area contributed by atoms with Gasteiger partial charge in [0.05, 0.1) is 0 Å². The smallest absolute Gasteiger partial charge is 0.477 e. The number of amides is 1. The summed E-state index contributed by atoms with van der Waals surface area (Å²) < 4.78 is 31.7. The number of hydrogen-bond donors (Lipinski definition) is 3. The van der Waals surface area contributed by atoms with Gasteiger partial charge in [-0.3, -0.25) is 4.79 Å². The SMILES string of the molecule is O=C(CCc1ccccc1)Nc1ccnc(C(=O)O)c1.O=C(O)C(F)(F)F. The highest BCUT2D eigenvalue weighted by molar-refractivity contribution is 5.92. The minimum atomic E-state index is -5.08. The number of carbonyl (C=O) groups excluding carboxylic acids is 1. The lowest BCUT2D eigenvalue weighted by molar-refractivity contribution is -0.192. The van der Waals surface area contributed by atoms with Crippen LogP contribution in [-0.4, -0.2) is 39.2 Å². The number of aromatic nitrogens is 1. The molecule has 3 N–H and O–H groups in total. The first kappa shape index (κ1) is 21.6. The topological polar surface area (TPSA) is 117 Å². The van der Waals surface area contributed by atoms with E-state index < -0.39 is 18.1 Å². The molecule has 27 heavy (non-hydrogen) atoms. The van der Waals surface area contributed by atoms with Crippen LogP contribution in [0.5, 0.6) is 0 Å². The van der Waals surface area contributed by atoms with Gasteiger partial charge in [-0.15, -0.1) is 0 Å². The summed E-state index contributed by atoms with van der Waals surface area (Å²) >= 11 is 0. The van der Waals surface area contributed by atoms with Gasteiger partial charge >= 0.3 is 18.1 Å². The summed E-state index contributed by atoms with van der Waals surface area (Å²) in [6.45, 7) is 0. The standard InChI is InChI=1S/C15H14N2O3.C2HF3O2/c18-14(7-6-11-4-2-1-3-5-11)17-12-8-9-16-13(10-12)15(19)20;3-2(4,5)1(6)7/h1-5,8-10H,6-7H2,(H,19,20)(H,16,17,18);(H,6,7). The van der Waals surface area contributed by atoms with Crippen molar-refractivity contribution in [3.63, 3.8) is 0 Å². The van der Waals surface area contributed by atoms with Crippen LogP contribution in [0.1, 0.15) is 22.5 Å². The molecule has 0 aliphatic heterocycles. The summed E-state index contributed by atoms with van der Waals surface area (Å²) in [5, 5.41) is 18.6. The Morgan fingerprint density at radius 1 is 1.04 bits per heavy atom. The molecule has 1 heterocycles. The van der Waals surface area contributed by atoms with Crippen LogP contribution in [0.2, 0.25) is 0 Å². The molecule has 7 nitrogen and oxygen atoms in total.